The van der Waals surface area contributed by atoms with Crippen LogP contribution in [0.3, 0.4) is 0 Å². The van der Waals surface area contributed by atoms with Gasteiger partial charge in [-0.3, -0.25) is 9.59 Å². The number of hydrogen-bond donors (Lipinski definition) is 2. The molecule has 3 N–H and O–H groups in total. The monoisotopic (exact) mass is 332 g/mol. The van der Waals surface area contributed by atoms with Gasteiger partial charge in [0.25, 0.3) is 5.91 Å². The van der Waals surface area contributed by atoms with Gasteiger partial charge in [0.15, 0.2) is 0 Å². The second-order valence-electron chi connectivity index (χ2n) is 4.19. The van der Waals surface area contributed by atoms with E-state index in [0.717, 1.165) is 9.86 Å². The summed E-state index contributed by atoms with van der Waals surface area (Å²) in [5, 5.41) is 4.02. The van der Waals surface area contributed by atoms with Gasteiger partial charge in [-0.15, -0.1) is 6.58 Å². The second kappa shape index (κ2) is 5.88. The first kappa shape index (κ1) is 14.3. The van der Waals surface area contributed by atoms with E-state index in [1.54, 1.807) is 30.3 Å². The lowest BCUT2D eigenvalue weighted by molar-refractivity contribution is 0.0959. The fraction of sp³-hybridized carbons (Fsp3) is 0.0667. The standard InChI is InChI=1S/C15H13BrN2O2/c1-2-8-18-15(20)11-6-7-12(16)9-4-3-5-10(13(9)11)14(17)19/h2-7H,1,8H2,(H2,17,19)(H,18,20). The van der Waals surface area contributed by atoms with Gasteiger partial charge in [0.1, 0.15) is 0 Å². The highest BCUT2D eigenvalue weighted by Gasteiger charge is 2.16. The van der Waals surface area contributed by atoms with Crippen LogP contribution in [0.2, 0.25) is 0 Å². The maximum Gasteiger partial charge on any atom is 0.252 e. The molecular weight excluding hydrogens is 320 g/mol. The van der Waals surface area contributed by atoms with Crippen LogP contribution in [0.4, 0.5) is 0 Å². The summed E-state index contributed by atoms with van der Waals surface area (Å²) in [5.41, 5.74) is 6.14. The first-order valence-electron chi connectivity index (χ1n) is 5.96. The summed E-state index contributed by atoms with van der Waals surface area (Å²) in [6.45, 7) is 3.91. The Morgan fingerprint density at radius 2 is 2.00 bits per heavy atom. The van der Waals surface area contributed by atoms with Crippen molar-refractivity contribution < 1.29 is 9.59 Å². The summed E-state index contributed by atoms with van der Waals surface area (Å²) in [7, 11) is 0. The Labute approximate surface area is 124 Å². The number of halogens is 1. The predicted octanol–water partition coefficient (Wildman–Crippen LogP) is 2.62. The summed E-state index contributed by atoms with van der Waals surface area (Å²) in [6.07, 6.45) is 1.59. The first-order valence-corrected chi connectivity index (χ1v) is 6.75. The smallest absolute Gasteiger partial charge is 0.252 e. The third-order valence-corrected chi connectivity index (χ3v) is 3.60. The van der Waals surface area contributed by atoms with E-state index >= 15 is 0 Å². The molecule has 0 atom stereocenters. The molecule has 0 bridgehead atoms. The quantitative estimate of drug-likeness (QED) is 0.844. The normalized spacial score (nSPS) is 10.2. The number of amides is 2. The molecule has 0 spiro atoms. The lowest BCUT2D eigenvalue weighted by Crippen LogP contribution is -2.24. The van der Waals surface area contributed by atoms with Gasteiger partial charge in [0.2, 0.25) is 5.91 Å². The highest BCUT2D eigenvalue weighted by Crippen LogP contribution is 2.29. The molecule has 0 aromatic heterocycles. The van der Waals surface area contributed by atoms with Crippen LogP contribution in [0.5, 0.6) is 0 Å². The van der Waals surface area contributed by atoms with Crippen molar-refractivity contribution in [2.45, 2.75) is 0 Å². The van der Waals surface area contributed by atoms with Crippen molar-refractivity contribution in [3.63, 3.8) is 0 Å². The molecule has 102 valence electrons. The fourth-order valence-electron chi connectivity index (χ4n) is 2.03. The highest BCUT2D eigenvalue weighted by atomic mass is 79.9. The van der Waals surface area contributed by atoms with Gasteiger partial charge in [0.05, 0.1) is 0 Å². The van der Waals surface area contributed by atoms with Gasteiger partial charge in [-0.05, 0) is 23.6 Å². The number of carbonyl (C=O) groups excluding carboxylic acids is 2. The predicted molar refractivity (Wildman–Crippen MR) is 82.7 cm³/mol. The number of benzene rings is 2. The molecule has 2 rings (SSSR count). The first-order chi connectivity index (χ1) is 9.56. The van der Waals surface area contributed by atoms with Crippen molar-refractivity contribution in [3.05, 3.63) is 58.6 Å². The van der Waals surface area contributed by atoms with E-state index in [9.17, 15) is 9.59 Å². The van der Waals surface area contributed by atoms with Crippen molar-refractivity contribution in [3.8, 4) is 0 Å². The molecule has 4 nitrogen and oxygen atoms in total. The number of fused-ring (bicyclic) bond motifs is 1. The Hall–Kier alpha value is -2.14. The van der Waals surface area contributed by atoms with Crippen LogP contribution in [0.15, 0.2) is 47.5 Å². The van der Waals surface area contributed by atoms with Gasteiger partial charge in [-0.1, -0.05) is 34.1 Å². The Morgan fingerprint density at radius 3 is 2.65 bits per heavy atom. The number of rotatable bonds is 4. The van der Waals surface area contributed by atoms with Crippen LogP contribution < -0.4 is 11.1 Å². The Morgan fingerprint density at radius 1 is 1.25 bits per heavy atom. The fourth-order valence-corrected chi connectivity index (χ4v) is 2.49. The van der Waals surface area contributed by atoms with Crippen LogP contribution in [0.1, 0.15) is 20.7 Å². The summed E-state index contributed by atoms with van der Waals surface area (Å²) in [5.74, 6) is -0.831. The largest absolute Gasteiger partial charge is 0.366 e. The summed E-state index contributed by atoms with van der Waals surface area (Å²) in [4.78, 5) is 23.8. The lowest BCUT2D eigenvalue weighted by Gasteiger charge is -2.11. The van der Waals surface area contributed by atoms with Gasteiger partial charge in [-0.2, -0.15) is 0 Å². The molecule has 0 radical (unpaired) electrons. The molecule has 0 saturated heterocycles. The van der Waals surface area contributed by atoms with Crippen LogP contribution in [-0.2, 0) is 0 Å². The van der Waals surface area contributed by atoms with E-state index < -0.39 is 5.91 Å². The van der Waals surface area contributed by atoms with E-state index in [1.165, 1.54) is 0 Å². The minimum absolute atomic E-state index is 0.267. The van der Waals surface area contributed by atoms with Crippen molar-refractivity contribution in [2.24, 2.45) is 5.73 Å². The molecule has 0 aliphatic carbocycles. The summed E-state index contributed by atoms with van der Waals surface area (Å²) >= 11 is 3.42. The minimum atomic E-state index is -0.563. The zero-order valence-electron chi connectivity index (χ0n) is 10.7. The molecule has 2 amide bonds. The zero-order chi connectivity index (χ0) is 14.7. The maximum absolute atomic E-state index is 12.2. The van der Waals surface area contributed by atoms with Crippen molar-refractivity contribution in [2.75, 3.05) is 6.54 Å². The molecule has 0 aliphatic rings. The van der Waals surface area contributed by atoms with E-state index in [2.05, 4.69) is 27.8 Å². The number of hydrogen-bond acceptors (Lipinski definition) is 2. The van der Waals surface area contributed by atoms with Crippen LogP contribution in [0, 0.1) is 0 Å². The van der Waals surface area contributed by atoms with E-state index in [4.69, 9.17) is 5.73 Å². The average Bonchev–Trinajstić information content (AvgIpc) is 2.44. The van der Waals surface area contributed by atoms with Crippen LogP contribution in [-0.4, -0.2) is 18.4 Å². The topological polar surface area (TPSA) is 72.2 Å². The van der Waals surface area contributed by atoms with E-state index in [1.807, 2.05) is 6.07 Å². The van der Waals surface area contributed by atoms with Gasteiger partial charge in [-0.25, -0.2) is 0 Å². The van der Waals surface area contributed by atoms with Crippen LogP contribution in [0.25, 0.3) is 10.8 Å². The molecule has 0 saturated carbocycles. The molecule has 2 aromatic rings. The van der Waals surface area contributed by atoms with Gasteiger partial charge in [0, 0.05) is 27.5 Å². The number of carbonyl (C=O) groups is 2. The SMILES string of the molecule is C=CCNC(=O)c1ccc(Br)c2cccc(C(N)=O)c12. The van der Waals surface area contributed by atoms with Crippen molar-refractivity contribution in [1.29, 1.82) is 0 Å². The zero-order valence-corrected chi connectivity index (χ0v) is 12.2. The molecular formula is C15H13BrN2O2. The summed E-state index contributed by atoms with van der Waals surface area (Å²) < 4.78 is 0.802. The third kappa shape index (κ3) is 2.58. The number of primary amides is 1. The van der Waals surface area contributed by atoms with Gasteiger partial charge >= 0.3 is 0 Å². The highest BCUT2D eigenvalue weighted by molar-refractivity contribution is 9.10. The number of nitrogens with two attached hydrogens (primary N) is 1. The van der Waals surface area contributed by atoms with Gasteiger partial charge < -0.3 is 11.1 Å². The van der Waals surface area contributed by atoms with Crippen molar-refractivity contribution >= 4 is 38.5 Å². The molecule has 2 aromatic carbocycles. The molecule has 0 unspecified atom stereocenters. The third-order valence-electron chi connectivity index (χ3n) is 2.90. The Bertz CT molecular complexity index is 710. The Balaban J connectivity index is 2.71. The summed E-state index contributed by atoms with van der Waals surface area (Å²) in [6, 6.07) is 8.61. The van der Waals surface area contributed by atoms with E-state index in [0.29, 0.717) is 23.1 Å². The number of nitrogens with one attached hydrogen (secondary N) is 1. The molecule has 20 heavy (non-hydrogen) atoms. The molecule has 0 aliphatic heterocycles. The minimum Gasteiger partial charge on any atom is -0.366 e. The molecule has 0 heterocycles. The average molecular weight is 333 g/mol. The maximum atomic E-state index is 12.2. The lowest BCUT2D eigenvalue weighted by atomic mass is 9.98. The molecule has 5 heteroatoms. The van der Waals surface area contributed by atoms with E-state index in [-0.39, 0.29) is 5.91 Å². The van der Waals surface area contributed by atoms with Crippen molar-refractivity contribution in [1.82, 2.24) is 5.32 Å². The second-order valence-corrected chi connectivity index (χ2v) is 5.04. The van der Waals surface area contributed by atoms with Crippen LogP contribution >= 0.6 is 15.9 Å². The Kier molecular flexibility index (Phi) is 4.20. The molecule has 0 fully saturated rings.